The van der Waals surface area contributed by atoms with E-state index in [-0.39, 0.29) is 23.2 Å². The minimum Gasteiger partial charge on any atom is -0.507 e. The van der Waals surface area contributed by atoms with E-state index in [4.69, 9.17) is 4.74 Å². The molecule has 0 bridgehead atoms. The van der Waals surface area contributed by atoms with Crippen molar-refractivity contribution in [2.75, 3.05) is 18.6 Å². The molecule has 0 spiro atoms. The third-order valence-corrected chi connectivity index (χ3v) is 8.45. The summed E-state index contributed by atoms with van der Waals surface area (Å²) in [7, 11) is -1.62. The zero-order valence-corrected chi connectivity index (χ0v) is 19.4. The first-order valence-corrected chi connectivity index (χ1v) is 12.6. The molecule has 2 unspecified atom stereocenters. The number of carbonyl (C=O) groups excluding carboxylic acids is 1. The summed E-state index contributed by atoms with van der Waals surface area (Å²) in [6, 6.07) is 9.95. The Morgan fingerprint density at radius 2 is 1.85 bits per heavy atom. The molecule has 2 aliphatic heterocycles. The Morgan fingerprint density at radius 3 is 2.48 bits per heavy atom. The van der Waals surface area contributed by atoms with Gasteiger partial charge >= 0.3 is 0 Å². The summed E-state index contributed by atoms with van der Waals surface area (Å²) in [4.78, 5) is 15.2. The van der Waals surface area contributed by atoms with Crippen molar-refractivity contribution in [1.82, 2.24) is 15.1 Å². The number of sulfone groups is 1. The number of phenols is 1. The lowest BCUT2D eigenvalue weighted by atomic mass is 9.93. The smallest absolute Gasteiger partial charge is 0.273 e. The molecule has 1 saturated heterocycles. The van der Waals surface area contributed by atoms with E-state index in [0.29, 0.717) is 34.7 Å². The lowest BCUT2D eigenvalue weighted by molar-refractivity contribution is 0.0677. The zero-order valence-electron chi connectivity index (χ0n) is 18.6. The fraction of sp³-hybridized carbons (Fsp3) is 0.333. The molecule has 1 amide bonds. The highest BCUT2D eigenvalue weighted by Crippen LogP contribution is 2.47. The fourth-order valence-corrected chi connectivity index (χ4v) is 6.56. The second kappa shape index (κ2) is 7.62. The number of phenolic OH excluding ortho intramolecular Hbond substituents is 1. The van der Waals surface area contributed by atoms with Crippen molar-refractivity contribution >= 4 is 15.7 Å². The summed E-state index contributed by atoms with van der Waals surface area (Å²) in [6.07, 6.45) is 0.392. The summed E-state index contributed by atoms with van der Waals surface area (Å²) in [5.74, 6) is 0.476. The van der Waals surface area contributed by atoms with Crippen LogP contribution < -0.4 is 4.74 Å². The summed E-state index contributed by atoms with van der Waals surface area (Å²) in [6.45, 7) is 3.87. The van der Waals surface area contributed by atoms with Gasteiger partial charge < -0.3 is 14.7 Å². The van der Waals surface area contributed by atoms with E-state index in [1.807, 2.05) is 44.2 Å². The maximum absolute atomic E-state index is 13.5. The average molecular weight is 468 g/mol. The van der Waals surface area contributed by atoms with Crippen LogP contribution in [0.5, 0.6) is 11.5 Å². The number of benzene rings is 2. The van der Waals surface area contributed by atoms with E-state index in [0.717, 1.165) is 16.7 Å². The Hall–Kier alpha value is -3.33. The number of nitrogens with one attached hydrogen (secondary N) is 1. The summed E-state index contributed by atoms with van der Waals surface area (Å²) in [5.41, 5.74) is 4.75. The van der Waals surface area contributed by atoms with Gasteiger partial charge in [0.1, 0.15) is 22.9 Å². The number of ether oxygens (including phenoxy) is 1. The Bertz CT molecular complexity index is 1360. The number of hydrogen-bond donors (Lipinski definition) is 2. The van der Waals surface area contributed by atoms with Crippen LogP contribution in [0.3, 0.4) is 0 Å². The van der Waals surface area contributed by atoms with Crippen LogP contribution in [-0.2, 0) is 9.84 Å². The molecule has 2 aliphatic rings. The number of rotatable bonds is 4. The van der Waals surface area contributed by atoms with Crippen LogP contribution in [0.15, 0.2) is 36.4 Å². The molecule has 33 heavy (non-hydrogen) atoms. The lowest BCUT2D eigenvalue weighted by Crippen LogP contribution is -2.40. The molecule has 0 saturated carbocycles. The van der Waals surface area contributed by atoms with E-state index in [1.54, 1.807) is 18.1 Å². The molecular formula is C24H25N3O5S. The van der Waals surface area contributed by atoms with Crippen LogP contribution >= 0.6 is 0 Å². The SMILES string of the molecule is COc1ccc(C2c3c(-c4cc(C)c(C)cc4O)n[nH]c3C(=O)N2C2CCS(=O)(=O)C2)cc1. The molecule has 172 valence electrons. The number of methoxy groups -OCH3 is 1. The standard InChI is InChI=1S/C24H25N3O5S/c1-13-10-18(19(28)11-14(13)2)21-20-22(26-25-21)24(29)27(16-8-9-33(30,31)12-16)23(20)15-4-6-17(32-3)7-5-15/h4-7,10-11,16,23,28H,8-9,12H2,1-3H3,(H,25,26). The third kappa shape index (κ3) is 3.47. The zero-order chi connectivity index (χ0) is 23.5. The topological polar surface area (TPSA) is 113 Å². The Balaban J connectivity index is 1.69. The highest BCUT2D eigenvalue weighted by molar-refractivity contribution is 7.91. The normalized spacial score (nSPS) is 21.4. The van der Waals surface area contributed by atoms with Gasteiger partial charge in [-0.3, -0.25) is 9.89 Å². The molecule has 8 nitrogen and oxygen atoms in total. The molecule has 2 aromatic carbocycles. The largest absolute Gasteiger partial charge is 0.507 e. The van der Waals surface area contributed by atoms with Gasteiger partial charge in [-0.15, -0.1) is 0 Å². The molecule has 9 heteroatoms. The number of nitrogens with zero attached hydrogens (tertiary/aromatic N) is 2. The molecule has 2 atom stereocenters. The number of aromatic hydroxyl groups is 1. The second-order valence-corrected chi connectivity index (χ2v) is 11.0. The van der Waals surface area contributed by atoms with Crippen LogP contribution in [0.4, 0.5) is 0 Å². The number of aromatic amines is 1. The average Bonchev–Trinajstić information content (AvgIpc) is 3.44. The van der Waals surface area contributed by atoms with Crippen LogP contribution in [0.2, 0.25) is 0 Å². The van der Waals surface area contributed by atoms with Crippen molar-refractivity contribution in [3.63, 3.8) is 0 Å². The van der Waals surface area contributed by atoms with E-state index in [2.05, 4.69) is 10.2 Å². The maximum atomic E-state index is 13.5. The van der Waals surface area contributed by atoms with E-state index < -0.39 is 21.9 Å². The fourth-order valence-electron chi connectivity index (χ4n) is 4.85. The summed E-state index contributed by atoms with van der Waals surface area (Å²) in [5, 5.41) is 18.0. The van der Waals surface area contributed by atoms with Gasteiger partial charge in [-0.1, -0.05) is 12.1 Å². The number of aryl methyl sites for hydroxylation is 2. The van der Waals surface area contributed by atoms with Gasteiger partial charge in [-0.05, 0) is 61.2 Å². The molecule has 2 N–H and O–H groups in total. The first-order valence-electron chi connectivity index (χ1n) is 10.8. The Kier molecular flexibility index (Phi) is 4.97. The summed E-state index contributed by atoms with van der Waals surface area (Å²) < 4.78 is 29.8. The molecular weight excluding hydrogens is 442 g/mol. The predicted molar refractivity (Wildman–Crippen MR) is 123 cm³/mol. The van der Waals surface area contributed by atoms with Crippen LogP contribution in [-0.4, -0.2) is 59.2 Å². The van der Waals surface area contributed by atoms with Crippen molar-refractivity contribution in [3.8, 4) is 22.8 Å². The second-order valence-electron chi connectivity index (χ2n) is 8.76. The summed E-state index contributed by atoms with van der Waals surface area (Å²) >= 11 is 0. The minimum atomic E-state index is -3.20. The lowest BCUT2D eigenvalue weighted by Gasteiger charge is -2.31. The number of H-pyrrole nitrogens is 1. The molecule has 3 aromatic rings. The van der Waals surface area contributed by atoms with Crippen LogP contribution in [0, 0.1) is 13.8 Å². The Labute approximate surface area is 192 Å². The van der Waals surface area contributed by atoms with Crippen molar-refractivity contribution in [2.45, 2.75) is 32.4 Å². The van der Waals surface area contributed by atoms with Crippen molar-refractivity contribution in [3.05, 3.63) is 64.3 Å². The predicted octanol–water partition coefficient (Wildman–Crippen LogP) is 3.14. The molecule has 1 aromatic heterocycles. The van der Waals surface area contributed by atoms with Gasteiger partial charge in [0.2, 0.25) is 0 Å². The van der Waals surface area contributed by atoms with Crippen molar-refractivity contribution in [2.24, 2.45) is 0 Å². The van der Waals surface area contributed by atoms with Crippen LogP contribution in [0.25, 0.3) is 11.3 Å². The molecule has 3 heterocycles. The van der Waals surface area contributed by atoms with Gasteiger partial charge in [0.05, 0.1) is 24.7 Å². The number of fused-ring (bicyclic) bond motifs is 1. The molecule has 5 rings (SSSR count). The number of aromatic nitrogens is 2. The molecule has 0 aliphatic carbocycles. The number of amides is 1. The maximum Gasteiger partial charge on any atom is 0.273 e. The van der Waals surface area contributed by atoms with E-state index >= 15 is 0 Å². The molecule has 0 radical (unpaired) electrons. The van der Waals surface area contributed by atoms with Crippen molar-refractivity contribution in [1.29, 1.82) is 0 Å². The third-order valence-electron chi connectivity index (χ3n) is 6.70. The van der Waals surface area contributed by atoms with E-state index in [9.17, 15) is 18.3 Å². The van der Waals surface area contributed by atoms with Gasteiger partial charge in [0.15, 0.2) is 9.84 Å². The minimum absolute atomic E-state index is 0.0622. The molecule has 1 fully saturated rings. The van der Waals surface area contributed by atoms with Gasteiger partial charge in [0, 0.05) is 17.2 Å². The quantitative estimate of drug-likeness (QED) is 0.610. The number of carbonyl (C=O) groups is 1. The highest BCUT2D eigenvalue weighted by Gasteiger charge is 2.48. The Morgan fingerprint density at radius 1 is 1.15 bits per heavy atom. The first-order chi connectivity index (χ1) is 15.7. The van der Waals surface area contributed by atoms with Gasteiger partial charge in [-0.25, -0.2) is 8.42 Å². The van der Waals surface area contributed by atoms with Crippen LogP contribution in [0.1, 0.15) is 45.2 Å². The monoisotopic (exact) mass is 467 g/mol. The first kappa shape index (κ1) is 21.5. The highest BCUT2D eigenvalue weighted by atomic mass is 32.2. The number of hydrogen-bond acceptors (Lipinski definition) is 6. The van der Waals surface area contributed by atoms with Gasteiger partial charge in [0.25, 0.3) is 5.91 Å². The van der Waals surface area contributed by atoms with Gasteiger partial charge in [-0.2, -0.15) is 5.10 Å². The van der Waals surface area contributed by atoms with E-state index in [1.165, 1.54) is 0 Å². The van der Waals surface area contributed by atoms with Crippen molar-refractivity contribution < 1.29 is 23.1 Å².